The topological polar surface area (TPSA) is 75.3 Å². The average Bonchev–Trinajstić information content (AvgIpc) is 2.61. The molecule has 2 aromatic carbocycles. The smallest absolute Gasteiger partial charge is 0.315 e. The third-order valence-electron chi connectivity index (χ3n) is 3.77. The van der Waals surface area contributed by atoms with Gasteiger partial charge in [0.05, 0.1) is 10.9 Å². The summed E-state index contributed by atoms with van der Waals surface area (Å²) in [7, 11) is -3.21. The number of thioether (sulfide) groups is 1. The van der Waals surface area contributed by atoms with E-state index in [9.17, 15) is 13.2 Å². The van der Waals surface area contributed by atoms with Crippen molar-refractivity contribution < 1.29 is 13.2 Å². The number of carbonyl (C=O) groups is 1. The molecular formula is C19H24N2O3S2. The predicted molar refractivity (Wildman–Crippen MR) is 106 cm³/mol. The van der Waals surface area contributed by atoms with Crippen LogP contribution in [0.15, 0.2) is 64.4 Å². The summed E-state index contributed by atoms with van der Waals surface area (Å²) in [5.41, 5.74) is 0.854. The molecule has 0 spiro atoms. The molecule has 2 amide bonds. The van der Waals surface area contributed by atoms with Gasteiger partial charge in [-0.3, -0.25) is 0 Å². The van der Waals surface area contributed by atoms with Crippen LogP contribution in [0.25, 0.3) is 0 Å². The summed E-state index contributed by atoms with van der Waals surface area (Å²) >= 11 is 1.77. The van der Waals surface area contributed by atoms with E-state index < -0.39 is 9.84 Å². The van der Waals surface area contributed by atoms with Gasteiger partial charge in [-0.15, -0.1) is 11.8 Å². The van der Waals surface area contributed by atoms with E-state index in [1.165, 1.54) is 11.2 Å². The second kappa shape index (κ2) is 9.64. The summed E-state index contributed by atoms with van der Waals surface area (Å²) in [5, 5.41) is 5.70. The van der Waals surface area contributed by atoms with Gasteiger partial charge in [0, 0.05) is 17.7 Å². The van der Waals surface area contributed by atoms with Gasteiger partial charge in [-0.2, -0.15) is 0 Å². The second-order valence-electron chi connectivity index (χ2n) is 5.98. The van der Waals surface area contributed by atoms with Crippen molar-refractivity contribution in [1.29, 1.82) is 0 Å². The van der Waals surface area contributed by atoms with E-state index in [2.05, 4.69) is 22.8 Å². The van der Waals surface area contributed by atoms with E-state index in [0.29, 0.717) is 6.54 Å². The SMILES string of the molecule is CC(NC(=O)NCCCSc1ccccc1)c1ccc(S(C)(=O)=O)cc1. The van der Waals surface area contributed by atoms with Gasteiger partial charge in [0.15, 0.2) is 9.84 Å². The van der Waals surface area contributed by atoms with Crippen LogP contribution in [0, 0.1) is 0 Å². The van der Waals surface area contributed by atoms with Crippen molar-refractivity contribution in [2.75, 3.05) is 18.6 Å². The number of rotatable bonds is 8. The number of nitrogens with one attached hydrogen (secondary N) is 2. The Hall–Kier alpha value is -1.99. The van der Waals surface area contributed by atoms with Crippen LogP contribution in [0.4, 0.5) is 4.79 Å². The Morgan fingerprint density at radius 1 is 1.08 bits per heavy atom. The number of amides is 2. The van der Waals surface area contributed by atoms with E-state index in [4.69, 9.17) is 0 Å². The number of carbonyl (C=O) groups excluding carboxylic acids is 1. The molecule has 0 fully saturated rings. The van der Waals surface area contributed by atoms with E-state index in [1.54, 1.807) is 36.0 Å². The van der Waals surface area contributed by atoms with Crippen LogP contribution in [0.5, 0.6) is 0 Å². The monoisotopic (exact) mass is 392 g/mol. The first-order valence-corrected chi connectivity index (χ1v) is 11.3. The zero-order chi connectivity index (χ0) is 19.0. The molecule has 7 heteroatoms. The highest BCUT2D eigenvalue weighted by Gasteiger charge is 2.11. The van der Waals surface area contributed by atoms with Crippen molar-refractivity contribution in [3.8, 4) is 0 Å². The highest BCUT2D eigenvalue weighted by molar-refractivity contribution is 7.99. The van der Waals surface area contributed by atoms with Crippen molar-refractivity contribution >= 4 is 27.6 Å². The lowest BCUT2D eigenvalue weighted by Crippen LogP contribution is -2.37. The maximum absolute atomic E-state index is 12.0. The van der Waals surface area contributed by atoms with Gasteiger partial charge in [-0.25, -0.2) is 13.2 Å². The minimum Gasteiger partial charge on any atom is -0.338 e. The molecule has 0 aliphatic rings. The molecule has 0 radical (unpaired) electrons. The summed E-state index contributed by atoms with van der Waals surface area (Å²) in [5.74, 6) is 0.937. The molecule has 5 nitrogen and oxygen atoms in total. The Morgan fingerprint density at radius 2 is 1.73 bits per heavy atom. The van der Waals surface area contributed by atoms with Crippen molar-refractivity contribution in [3.63, 3.8) is 0 Å². The molecule has 26 heavy (non-hydrogen) atoms. The van der Waals surface area contributed by atoms with E-state index in [0.717, 1.165) is 17.7 Å². The molecule has 2 rings (SSSR count). The number of hydrogen-bond acceptors (Lipinski definition) is 4. The zero-order valence-corrected chi connectivity index (χ0v) is 16.6. The second-order valence-corrected chi connectivity index (χ2v) is 9.16. The highest BCUT2D eigenvalue weighted by atomic mass is 32.2. The molecule has 0 heterocycles. The molecule has 0 aliphatic heterocycles. The minimum absolute atomic E-state index is 0.206. The van der Waals surface area contributed by atoms with Gasteiger partial charge in [0.1, 0.15) is 0 Å². The van der Waals surface area contributed by atoms with Crippen molar-refractivity contribution in [1.82, 2.24) is 10.6 Å². The maximum Gasteiger partial charge on any atom is 0.315 e. The summed E-state index contributed by atoms with van der Waals surface area (Å²) < 4.78 is 22.9. The fourth-order valence-corrected chi connectivity index (χ4v) is 3.82. The number of hydrogen-bond donors (Lipinski definition) is 2. The van der Waals surface area contributed by atoms with Crippen LogP contribution >= 0.6 is 11.8 Å². The van der Waals surface area contributed by atoms with Gasteiger partial charge in [0.25, 0.3) is 0 Å². The molecule has 0 bridgehead atoms. The first-order chi connectivity index (χ1) is 12.4. The number of benzene rings is 2. The summed E-state index contributed by atoms with van der Waals surface area (Å²) in [6.07, 6.45) is 2.05. The molecule has 0 aromatic heterocycles. The van der Waals surface area contributed by atoms with Crippen molar-refractivity contribution in [3.05, 3.63) is 60.2 Å². The van der Waals surface area contributed by atoms with Crippen LogP contribution in [-0.4, -0.2) is 33.0 Å². The van der Waals surface area contributed by atoms with E-state index in [1.807, 2.05) is 25.1 Å². The number of sulfone groups is 1. The molecule has 2 N–H and O–H groups in total. The summed E-state index contributed by atoms with van der Waals surface area (Å²) in [6, 6.07) is 16.3. The quantitative estimate of drug-likeness (QED) is 0.531. The minimum atomic E-state index is -3.21. The fourth-order valence-electron chi connectivity index (χ4n) is 2.32. The molecule has 2 aromatic rings. The number of urea groups is 1. The molecular weight excluding hydrogens is 368 g/mol. The predicted octanol–water partition coefficient (Wildman–Crippen LogP) is 3.63. The Balaban J connectivity index is 1.70. The van der Waals surface area contributed by atoms with Crippen LogP contribution in [0.1, 0.15) is 24.9 Å². The van der Waals surface area contributed by atoms with Crippen molar-refractivity contribution in [2.45, 2.75) is 29.2 Å². The largest absolute Gasteiger partial charge is 0.338 e. The molecule has 0 aliphatic carbocycles. The van der Waals surface area contributed by atoms with Crippen molar-refractivity contribution in [2.24, 2.45) is 0 Å². The van der Waals surface area contributed by atoms with Gasteiger partial charge < -0.3 is 10.6 Å². The summed E-state index contributed by atoms with van der Waals surface area (Å²) in [6.45, 7) is 2.46. The lowest BCUT2D eigenvalue weighted by Gasteiger charge is -2.15. The Bertz CT molecular complexity index is 806. The van der Waals surface area contributed by atoms with E-state index >= 15 is 0 Å². The lowest BCUT2D eigenvalue weighted by molar-refractivity contribution is 0.238. The van der Waals surface area contributed by atoms with Gasteiger partial charge >= 0.3 is 6.03 Å². The Kier molecular flexibility index (Phi) is 7.53. The third-order valence-corrected chi connectivity index (χ3v) is 6.00. The standard InChI is InChI=1S/C19H24N2O3S2/c1-15(16-9-11-18(12-10-16)26(2,23)24)21-19(22)20-13-6-14-25-17-7-4-3-5-8-17/h3-5,7-12,15H,6,13-14H2,1-2H3,(H2,20,21,22). The molecule has 1 atom stereocenters. The highest BCUT2D eigenvalue weighted by Crippen LogP contribution is 2.18. The normalized spacial score (nSPS) is 12.4. The first-order valence-electron chi connectivity index (χ1n) is 8.38. The third kappa shape index (κ3) is 6.72. The summed E-state index contributed by atoms with van der Waals surface area (Å²) in [4.78, 5) is 13.5. The molecule has 0 saturated heterocycles. The first kappa shape index (κ1) is 20.3. The Labute approximate surface area is 159 Å². The van der Waals surface area contributed by atoms with Gasteiger partial charge in [0.2, 0.25) is 0 Å². The molecule has 0 saturated carbocycles. The van der Waals surface area contributed by atoms with Gasteiger partial charge in [-0.1, -0.05) is 30.3 Å². The van der Waals surface area contributed by atoms with Crippen LogP contribution in [0.2, 0.25) is 0 Å². The Morgan fingerprint density at radius 3 is 2.35 bits per heavy atom. The van der Waals surface area contributed by atoms with Gasteiger partial charge in [-0.05, 0) is 48.9 Å². The van der Waals surface area contributed by atoms with Crippen LogP contribution in [0.3, 0.4) is 0 Å². The van der Waals surface area contributed by atoms with Crippen LogP contribution in [-0.2, 0) is 9.84 Å². The average molecular weight is 393 g/mol. The molecule has 1 unspecified atom stereocenters. The zero-order valence-electron chi connectivity index (χ0n) is 14.9. The molecule has 140 valence electrons. The fraction of sp³-hybridized carbons (Fsp3) is 0.316. The van der Waals surface area contributed by atoms with Crippen LogP contribution < -0.4 is 10.6 Å². The van der Waals surface area contributed by atoms with E-state index in [-0.39, 0.29) is 17.0 Å². The maximum atomic E-state index is 12.0. The lowest BCUT2D eigenvalue weighted by atomic mass is 10.1.